The topological polar surface area (TPSA) is 101 Å². The lowest BCUT2D eigenvalue weighted by Gasteiger charge is -2.16. The van der Waals surface area contributed by atoms with Crippen LogP contribution in [0.25, 0.3) is 10.8 Å². The van der Waals surface area contributed by atoms with Gasteiger partial charge in [-0.2, -0.15) is 5.10 Å². The minimum atomic E-state index is -1.14. The zero-order chi connectivity index (χ0) is 21.0. The van der Waals surface area contributed by atoms with Crippen molar-refractivity contribution in [3.05, 3.63) is 76.2 Å². The minimum absolute atomic E-state index is 0.0418. The molecule has 7 heteroatoms. The van der Waals surface area contributed by atoms with E-state index in [-0.39, 0.29) is 23.6 Å². The Balaban J connectivity index is 1.97. The molecule has 2 aromatic carbocycles. The smallest absolute Gasteiger partial charge is 0.326 e. The fourth-order valence-electron chi connectivity index (χ4n) is 3.15. The summed E-state index contributed by atoms with van der Waals surface area (Å²) in [7, 11) is 0. The van der Waals surface area contributed by atoms with E-state index < -0.39 is 17.9 Å². The molecular weight excluding hydrogens is 370 g/mol. The third kappa shape index (κ3) is 4.68. The third-order valence-corrected chi connectivity index (χ3v) is 4.51. The first kappa shape index (κ1) is 20.3. The van der Waals surface area contributed by atoms with Crippen LogP contribution in [0.4, 0.5) is 0 Å². The molecule has 1 heterocycles. The molecule has 0 spiro atoms. The predicted molar refractivity (Wildman–Crippen MR) is 110 cm³/mol. The van der Waals surface area contributed by atoms with Crippen LogP contribution in [-0.4, -0.2) is 32.8 Å². The van der Waals surface area contributed by atoms with Crippen molar-refractivity contribution < 1.29 is 14.7 Å². The van der Waals surface area contributed by atoms with E-state index in [1.807, 2.05) is 32.0 Å². The lowest BCUT2D eigenvalue weighted by molar-refractivity contribution is -0.139. The average molecular weight is 393 g/mol. The van der Waals surface area contributed by atoms with Crippen molar-refractivity contribution in [2.75, 3.05) is 0 Å². The molecule has 2 N–H and O–H groups in total. The van der Waals surface area contributed by atoms with Crippen LogP contribution >= 0.6 is 0 Å². The molecule has 0 saturated heterocycles. The normalized spacial score (nSPS) is 12.1. The van der Waals surface area contributed by atoms with Gasteiger partial charge in [0.2, 0.25) is 0 Å². The highest BCUT2D eigenvalue weighted by atomic mass is 16.4. The highest BCUT2D eigenvalue weighted by Gasteiger charge is 2.24. The summed E-state index contributed by atoms with van der Waals surface area (Å²) in [5, 5.41) is 17.2. The highest BCUT2D eigenvalue weighted by molar-refractivity contribution is 6.05. The Morgan fingerprint density at radius 2 is 1.66 bits per heavy atom. The first-order valence-corrected chi connectivity index (χ1v) is 9.44. The van der Waals surface area contributed by atoms with Gasteiger partial charge in [0.05, 0.1) is 5.39 Å². The Morgan fingerprint density at radius 3 is 2.28 bits per heavy atom. The number of rotatable bonds is 7. The SMILES string of the molecule is CC(C)Cn1nc(C(=O)N[C@@H](Cc2ccccc2)C(=O)O)c2ccccc2c1=O. The number of benzene rings is 2. The highest BCUT2D eigenvalue weighted by Crippen LogP contribution is 2.14. The van der Waals surface area contributed by atoms with E-state index in [0.29, 0.717) is 17.3 Å². The molecule has 0 aliphatic heterocycles. The fourth-order valence-corrected chi connectivity index (χ4v) is 3.15. The number of amides is 1. The summed E-state index contributed by atoms with van der Waals surface area (Å²) in [5.41, 5.74) is 0.563. The third-order valence-electron chi connectivity index (χ3n) is 4.51. The number of aromatic nitrogens is 2. The predicted octanol–water partition coefficient (Wildman–Crippen LogP) is 2.48. The summed E-state index contributed by atoms with van der Waals surface area (Å²) in [4.78, 5) is 37.4. The van der Waals surface area contributed by atoms with Gasteiger partial charge in [-0.1, -0.05) is 62.4 Å². The van der Waals surface area contributed by atoms with Crippen molar-refractivity contribution in [3.63, 3.8) is 0 Å². The molecule has 3 aromatic rings. The van der Waals surface area contributed by atoms with Crippen LogP contribution in [0, 0.1) is 5.92 Å². The Bertz CT molecular complexity index is 1090. The maximum Gasteiger partial charge on any atom is 0.326 e. The summed E-state index contributed by atoms with van der Waals surface area (Å²) in [6.07, 6.45) is 0.144. The molecule has 0 aliphatic rings. The standard InChI is InChI=1S/C22H23N3O4/c1-14(2)13-25-21(27)17-11-7-6-10-16(17)19(24-25)20(26)23-18(22(28)29)12-15-8-4-3-5-9-15/h3-11,14,18H,12-13H2,1-2H3,(H,23,26)(H,28,29)/t18-/m0/s1. The van der Waals surface area contributed by atoms with Gasteiger partial charge < -0.3 is 10.4 Å². The van der Waals surface area contributed by atoms with Crippen molar-refractivity contribution in [2.24, 2.45) is 5.92 Å². The molecule has 29 heavy (non-hydrogen) atoms. The van der Waals surface area contributed by atoms with Gasteiger partial charge >= 0.3 is 5.97 Å². The Kier molecular flexibility index (Phi) is 6.07. The number of carbonyl (C=O) groups is 2. The van der Waals surface area contributed by atoms with E-state index in [0.717, 1.165) is 5.56 Å². The zero-order valence-corrected chi connectivity index (χ0v) is 16.3. The second kappa shape index (κ2) is 8.68. The van der Waals surface area contributed by atoms with Crippen LogP contribution in [0.1, 0.15) is 29.9 Å². The number of hydrogen-bond donors (Lipinski definition) is 2. The number of carboxylic acid groups (broad SMARTS) is 1. The average Bonchev–Trinajstić information content (AvgIpc) is 2.70. The maximum atomic E-state index is 13.0. The zero-order valence-electron chi connectivity index (χ0n) is 16.3. The van der Waals surface area contributed by atoms with E-state index in [2.05, 4.69) is 10.4 Å². The Hall–Kier alpha value is -3.48. The Morgan fingerprint density at radius 1 is 1.03 bits per heavy atom. The quantitative estimate of drug-likeness (QED) is 0.642. The van der Waals surface area contributed by atoms with Gasteiger partial charge in [0.1, 0.15) is 6.04 Å². The lowest BCUT2D eigenvalue weighted by Crippen LogP contribution is -2.43. The number of aliphatic carboxylic acids is 1. The fraction of sp³-hybridized carbons (Fsp3) is 0.273. The second-order valence-corrected chi connectivity index (χ2v) is 7.33. The first-order chi connectivity index (χ1) is 13.9. The monoisotopic (exact) mass is 393 g/mol. The molecular formula is C22H23N3O4. The van der Waals surface area contributed by atoms with Crippen molar-refractivity contribution in [1.29, 1.82) is 0 Å². The van der Waals surface area contributed by atoms with E-state index in [1.165, 1.54) is 4.68 Å². The molecule has 0 fully saturated rings. The molecule has 1 aromatic heterocycles. The van der Waals surface area contributed by atoms with E-state index in [4.69, 9.17) is 0 Å². The molecule has 0 unspecified atom stereocenters. The van der Waals surface area contributed by atoms with Gasteiger partial charge in [0.15, 0.2) is 5.69 Å². The van der Waals surface area contributed by atoms with Gasteiger partial charge in [-0.05, 0) is 17.5 Å². The van der Waals surface area contributed by atoms with Crippen LogP contribution in [0.5, 0.6) is 0 Å². The van der Waals surface area contributed by atoms with E-state index in [9.17, 15) is 19.5 Å². The number of nitrogens with zero attached hydrogens (tertiary/aromatic N) is 2. The van der Waals surface area contributed by atoms with Gasteiger partial charge in [0.25, 0.3) is 11.5 Å². The van der Waals surface area contributed by atoms with E-state index >= 15 is 0 Å². The number of carbonyl (C=O) groups excluding carboxylic acids is 1. The first-order valence-electron chi connectivity index (χ1n) is 9.44. The number of fused-ring (bicyclic) bond motifs is 1. The van der Waals surface area contributed by atoms with Crippen LogP contribution in [0.15, 0.2) is 59.4 Å². The molecule has 1 atom stereocenters. The summed E-state index contributed by atoms with van der Waals surface area (Å²) in [6, 6.07) is 14.7. The summed E-state index contributed by atoms with van der Waals surface area (Å²) in [5.74, 6) is -1.61. The van der Waals surface area contributed by atoms with Gasteiger partial charge in [-0.25, -0.2) is 9.48 Å². The van der Waals surface area contributed by atoms with Crippen LogP contribution < -0.4 is 10.9 Å². The molecule has 1 amide bonds. The minimum Gasteiger partial charge on any atom is -0.480 e. The van der Waals surface area contributed by atoms with Crippen LogP contribution in [-0.2, 0) is 17.8 Å². The summed E-state index contributed by atoms with van der Waals surface area (Å²) >= 11 is 0. The number of nitrogens with one attached hydrogen (secondary N) is 1. The molecule has 0 radical (unpaired) electrons. The summed E-state index contributed by atoms with van der Waals surface area (Å²) < 4.78 is 1.27. The molecule has 0 bridgehead atoms. The van der Waals surface area contributed by atoms with Crippen molar-refractivity contribution in [2.45, 2.75) is 32.9 Å². The number of hydrogen-bond acceptors (Lipinski definition) is 4. The molecule has 0 saturated carbocycles. The maximum absolute atomic E-state index is 13.0. The van der Waals surface area contributed by atoms with Gasteiger partial charge in [-0.3, -0.25) is 9.59 Å². The van der Waals surface area contributed by atoms with Crippen molar-refractivity contribution in [3.8, 4) is 0 Å². The van der Waals surface area contributed by atoms with Crippen molar-refractivity contribution in [1.82, 2.24) is 15.1 Å². The van der Waals surface area contributed by atoms with Crippen LogP contribution in [0.2, 0.25) is 0 Å². The van der Waals surface area contributed by atoms with Crippen LogP contribution in [0.3, 0.4) is 0 Å². The lowest BCUT2D eigenvalue weighted by atomic mass is 10.1. The van der Waals surface area contributed by atoms with Crippen molar-refractivity contribution >= 4 is 22.6 Å². The largest absolute Gasteiger partial charge is 0.480 e. The second-order valence-electron chi connectivity index (χ2n) is 7.33. The molecule has 0 aliphatic carbocycles. The molecule has 3 rings (SSSR count). The Labute approximate surface area is 168 Å². The van der Waals surface area contributed by atoms with Gasteiger partial charge in [-0.15, -0.1) is 0 Å². The number of carboxylic acids is 1. The van der Waals surface area contributed by atoms with E-state index in [1.54, 1.807) is 36.4 Å². The molecule has 7 nitrogen and oxygen atoms in total. The van der Waals surface area contributed by atoms with Gasteiger partial charge in [0, 0.05) is 18.4 Å². The molecule has 150 valence electrons. The summed E-state index contributed by atoms with van der Waals surface area (Å²) in [6.45, 7) is 4.25.